The van der Waals surface area contributed by atoms with Gasteiger partial charge in [-0.1, -0.05) is 23.2 Å². The van der Waals surface area contributed by atoms with Crippen LogP contribution in [0, 0.1) is 0 Å². The Morgan fingerprint density at radius 3 is 2.10 bits per heavy atom. The van der Waals surface area contributed by atoms with Crippen molar-refractivity contribution in [1.82, 2.24) is 4.90 Å². The second kappa shape index (κ2) is 7.19. The van der Waals surface area contributed by atoms with Gasteiger partial charge in [-0.15, -0.1) is 0 Å². The fourth-order valence-electron chi connectivity index (χ4n) is 2.13. The molecular weight excluding hydrogens is 297 g/mol. The lowest BCUT2D eigenvalue weighted by Crippen LogP contribution is -2.48. The largest absolute Gasteiger partial charge is 0.479 e. The van der Waals surface area contributed by atoms with E-state index in [2.05, 4.69) is 0 Å². The van der Waals surface area contributed by atoms with Crippen LogP contribution in [-0.2, 0) is 4.79 Å². The predicted molar refractivity (Wildman–Crippen MR) is 83.7 cm³/mol. The first-order valence-corrected chi connectivity index (χ1v) is 7.43. The second-order valence-electron chi connectivity index (χ2n) is 5.27. The molecule has 0 aliphatic rings. The maximum Gasteiger partial charge on any atom is 0.263 e. The van der Waals surface area contributed by atoms with Crippen LogP contribution in [0.25, 0.3) is 0 Å². The van der Waals surface area contributed by atoms with Gasteiger partial charge in [-0.3, -0.25) is 4.79 Å². The quantitative estimate of drug-likeness (QED) is 0.805. The summed E-state index contributed by atoms with van der Waals surface area (Å²) in [5.74, 6) is 0.408. The Hall–Kier alpha value is -0.930. The Kier molecular flexibility index (Phi) is 6.15. The van der Waals surface area contributed by atoms with E-state index in [1.54, 1.807) is 30.0 Å². The van der Waals surface area contributed by atoms with Crippen LogP contribution >= 0.6 is 23.2 Å². The molecule has 1 aromatic carbocycles. The van der Waals surface area contributed by atoms with Gasteiger partial charge in [0, 0.05) is 17.1 Å². The van der Waals surface area contributed by atoms with E-state index < -0.39 is 6.10 Å². The van der Waals surface area contributed by atoms with Crippen molar-refractivity contribution in [3.05, 3.63) is 28.2 Å². The molecule has 0 radical (unpaired) electrons. The van der Waals surface area contributed by atoms with Gasteiger partial charge < -0.3 is 9.64 Å². The lowest BCUT2D eigenvalue weighted by molar-refractivity contribution is -0.141. The standard InChI is InChI=1S/C15H21Cl2NO2/c1-9(2)18(10(3)4)15(19)11(5)20-14-7-6-12(16)8-13(14)17/h6-11H,1-5H3. The van der Waals surface area contributed by atoms with E-state index in [-0.39, 0.29) is 18.0 Å². The highest BCUT2D eigenvalue weighted by molar-refractivity contribution is 6.35. The minimum Gasteiger partial charge on any atom is -0.479 e. The normalized spacial score (nSPS) is 12.7. The number of carbonyl (C=O) groups excluding carboxylic acids is 1. The number of halogens is 2. The lowest BCUT2D eigenvalue weighted by Gasteiger charge is -2.33. The lowest BCUT2D eigenvalue weighted by atomic mass is 10.2. The zero-order valence-corrected chi connectivity index (χ0v) is 14.0. The maximum absolute atomic E-state index is 12.4. The average Bonchev–Trinajstić information content (AvgIpc) is 2.31. The minimum absolute atomic E-state index is 0.0546. The van der Waals surface area contributed by atoms with Gasteiger partial charge in [0.25, 0.3) is 5.91 Å². The molecule has 1 rings (SSSR count). The number of amides is 1. The molecule has 1 unspecified atom stereocenters. The molecule has 5 heteroatoms. The molecule has 1 atom stereocenters. The summed E-state index contributed by atoms with van der Waals surface area (Å²) in [6.07, 6.45) is -0.599. The summed E-state index contributed by atoms with van der Waals surface area (Å²) in [5, 5.41) is 0.935. The Bertz CT molecular complexity index is 467. The Balaban J connectivity index is 2.84. The van der Waals surface area contributed by atoms with Gasteiger partial charge in [0.2, 0.25) is 0 Å². The average molecular weight is 318 g/mol. The van der Waals surface area contributed by atoms with Crippen LogP contribution in [0.15, 0.2) is 18.2 Å². The summed E-state index contributed by atoms with van der Waals surface area (Å²) in [6, 6.07) is 5.19. The predicted octanol–water partition coefficient (Wildman–Crippen LogP) is 4.41. The molecule has 0 spiro atoms. The fourth-order valence-corrected chi connectivity index (χ4v) is 2.58. The molecule has 0 aliphatic carbocycles. The first kappa shape index (κ1) is 17.1. The first-order valence-electron chi connectivity index (χ1n) is 6.68. The molecule has 20 heavy (non-hydrogen) atoms. The minimum atomic E-state index is -0.599. The van der Waals surface area contributed by atoms with Gasteiger partial charge in [0.1, 0.15) is 5.75 Å². The molecule has 0 aliphatic heterocycles. The highest BCUT2D eigenvalue weighted by Crippen LogP contribution is 2.28. The molecule has 1 amide bonds. The molecule has 1 aromatic rings. The van der Waals surface area contributed by atoms with Gasteiger partial charge in [-0.2, -0.15) is 0 Å². The highest BCUT2D eigenvalue weighted by atomic mass is 35.5. The highest BCUT2D eigenvalue weighted by Gasteiger charge is 2.26. The van der Waals surface area contributed by atoms with Crippen molar-refractivity contribution in [1.29, 1.82) is 0 Å². The van der Waals surface area contributed by atoms with Crippen molar-refractivity contribution in [2.75, 3.05) is 0 Å². The summed E-state index contributed by atoms with van der Waals surface area (Å²) >= 11 is 11.9. The third-order valence-electron chi connectivity index (χ3n) is 2.91. The summed E-state index contributed by atoms with van der Waals surface area (Å²) in [5.41, 5.74) is 0. The van der Waals surface area contributed by atoms with Crippen LogP contribution in [0.5, 0.6) is 5.75 Å². The van der Waals surface area contributed by atoms with Crippen molar-refractivity contribution >= 4 is 29.1 Å². The number of rotatable bonds is 5. The van der Waals surface area contributed by atoms with E-state index in [1.165, 1.54) is 0 Å². The molecule has 0 aromatic heterocycles. The number of ether oxygens (including phenoxy) is 1. The van der Waals surface area contributed by atoms with Crippen LogP contribution in [0.1, 0.15) is 34.6 Å². The Labute approximate surface area is 130 Å². The van der Waals surface area contributed by atoms with Crippen molar-refractivity contribution in [3.8, 4) is 5.75 Å². The molecule has 0 N–H and O–H groups in total. The second-order valence-corrected chi connectivity index (χ2v) is 6.11. The van der Waals surface area contributed by atoms with Crippen molar-refractivity contribution in [3.63, 3.8) is 0 Å². The van der Waals surface area contributed by atoms with Crippen LogP contribution < -0.4 is 4.74 Å². The SMILES string of the molecule is CC(Oc1ccc(Cl)cc1Cl)C(=O)N(C(C)C)C(C)C. The number of hydrogen-bond donors (Lipinski definition) is 0. The van der Waals surface area contributed by atoms with Crippen molar-refractivity contribution < 1.29 is 9.53 Å². The van der Waals surface area contributed by atoms with E-state index in [1.807, 2.05) is 27.7 Å². The first-order chi connectivity index (χ1) is 9.23. The molecule has 0 bridgehead atoms. The number of benzene rings is 1. The smallest absolute Gasteiger partial charge is 0.263 e. The fraction of sp³-hybridized carbons (Fsp3) is 0.533. The monoisotopic (exact) mass is 317 g/mol. The van der Waals surface area contributed by atoms with E-state index in [0.717, 1.165) is 0 Å². The molecular formula is C15H21Cl2NO2. The maximum atomic E-state index is 12.4. The van der Waals surface area contributed by atoms with E-state index >= 15 is 0 Å². The summed E-state index contributed by atoms with van der Waals surface area (Å²) in [6.45, 7) is 9.67. The Morgan fingerprint density at radius 1 is 1.10 bits per heavy atom. The van der Waals surface area contributed by atoms with Gasteiger partial charge in [-0.25, -0.2) is 0 Å². The van der Waals surface area contributed by atoms with Gasteiger partial charge >= 0.3 is 0 Å². The summed E-state index contributed by atoms with van der Waals surface area (Å²) in [4.78, 5) is 14.2. The number of hydrogen-bond acceptors (Lipinski definition) is 2. The topological polar surface area (TPSA) is 29.5 Å². The van der Waals surface area contributed by atoms with Gasteiger partial charge in [0.15, 0.2) is 6.10 Å². The van der Waals surface area contributed by atoms with Crippen molar-refractivity contribution in [2.45, 2.75) is 52.8 Å². The van der Waals surface area contributed by atoms with Gasteiger partial charge in [-0.05, 0) is 52.8 Å². The summed E-state index contributed by atoms with van der Waals surface area (Å²) < 4.78 is 5.66. The molecule has 0 saturated heterocycles. The van der Waals surface area contributed by atoms with Gasteiger partial charge in [0.05, 0.1) is 5.02 Å². The third kappa shape index (κ3) is 4.29. The molecule has 0 fully saturated rings. The van der Waals surface area contributed by atoms with Crippen LogP contribution in [-0.4, -0.2) is 29.0 Å². The van der Waals surface area contributed by atoms with E-state index in [9.17, 15) is 4.79 Å². The molecule has 3 nitrogen and oxygen atoms in total. The third-order valence-corrected chi connectivity index (χ3v) is 3.44. The van der Waals surface area contributed by atoms with Crippen LogP contribution in [0.2, 0.25) is 10.0 Å². The summed E-state index contributed by atoms with van der Waals surface area (Å²) in [7, 11) is 0. The van der Waals surface area contributed by atoms with Crippen LogP contribution in [0.3, 0.4) is 0 Å². The zero-order valence-electron chi connectivity index (χ0n) is 12.5. The van der Waals surface area contributed by atoms with Crippen LogP contribution in [0.4, 0.5) is 0 Å². The zero-order chi connectivity index (χ0) is 15.4. The van der Waals surface area contributed by atoms with Crippen molar-refractivity contribution in [2.24, 2.45) is 0 Å². The molecule has 0 saturated carbocycles. The molecule has 0 heterocycles. The Morgan fingerprint density at radius 2 is 1.65 bits per heavy atom. The molecule has 112 valence electrons. The van der Waals surface area contributed by atoms with E-state index in [0.29, 0.717) is 15.8 Å². The number of nitrogens with zero attached hydrogens (tertiary/aromatic N) is 1. The number of carbonyl (C=O) groups is 1. The van der Waals surface area contributed by atoms with E-state index in [4.69, 9.17) is 27.9 Å².